The average molecular weight is 325 g/mol. The molecule has 0 aromatic heterocycles. The smallest absolute Gasteiger partial charge is 0.285 e. The molecule has 0 fully saturated rings. The molecule has 0 unspecified atom stereocenters. The molecule has 2 N–H and O–H groups in total. The molecule has 0 aliphatic heterocycles. The van der Waals surface area contributed by atoms with Gasteiger partial charge in [0.15, 0.2) is 0 Å². The van der Waals surface area contributed by atoms with Gasteiger partial charge in [0, 0.05) is 0 Å². The fourth-order valence-electron chi connectivity index (χ4n) is 2.54. The van der Waals surface area contributed by atoms with Crippen molar-refractivity contribution in [2.45, 2.75) is 0 Å². The van der Waals surface area contributed by atoms with Crippen molar-refractivity contribution in [2.24, 2.45) is 0 Å². The first-order valence-corrected chi connectivity index (χ1v) is 9.99. The Labute approximate surface area is 135 Å². The van der Waals surface area contributed by atoms with Crippen molar-refractivity contribution < 1.29 is 9.59 Å². The van der Waals surface area contributed by atoms with E-state index in [0.717, 1.165) is 15.6 Å². The highest BCUT2D eigenvalue weighted by Gasteiger charge is 2.37. The molecule has 22 heavy (non-hydrogen) atoms. The predicted molar refractivity (Wildman–Crippen MR) is 98.4 cm³/mol. The molecule has 0 saturated heterocycles. The van der Waals surface area contributed by atoms with E-state index in [1.54, 1.807) is 0 Å². The Balaban J connectivity index is 0.000000847. The SMILES string of the molecule is O[SiH3].O[Si](c1ccccc1)(c1ccccc1)c1ccccc1. The molecular formula is C18H20O2Si2. The average Bonchev–Trinajstić information content (AvgIpc) is 2.65. The lowest BCUT2D eigenvalue weighted by Crippen LogP contribution is -2.67. The van der Waals surface area contributed by atoms with Crippen molar-refractivity contribution in [3.8, 4) is 0 Å². The molecule has 0 bridgehead atoms. The molecule has 0 radical (unpaired) electrons. The maximum atomic E-state index is 11.6. The molecule has 3 rings (SSSR count). The molecule has 4 heteroatoms. The van der Waals surface area contributed by atoms with Crippen LogP contribution in [-0.2, 0) is 0 Å². The lowest BCUT2D eigenvalue weighted by molar-refractivity contribution is 0.583. The lowest BCUT2D eigenvalue weighted by atomic mass is 10.3. The van der Waals surface area contributed by atoms with E-state index in [1.165, 1.54) is 0 Å². The quantitative estimate of drug-likeness (QED) is 0.522. The minimum atomic E-state index is -2.88. The third-order valence-corrected chi connectivity index (χ3v) is 7.08. The van der Waals surface area contributed by atoms with E-state index < -0.39 is 8.32 Å². The second-order valence-corrected chi connectivity index (χ2v) is 7.96. The Bertz CT molecular complexity index is 577. The van der Waals surface area contributed by atoms with Crippen LogP contribution in [0.5, 0.6) is 0 Å². The highest BCUT2D eigenvalue weighted by molar-refractivity contribution is 7.06. The number of benzene rings is 3. The first-order valence-electron chi connectivity index (χ1n) is 7.15. The van der Waals surface area contributed by atoms with E-state index in [0.29, 0.717) is 10.5 Å². The minimum absolute atomic E-state index is 0.306. The molecule has 3 aromatic carbocycles. The highest BCUT2D eigenvalue weighted by Crippen LogP contribution is 2.03. The van der Waals surface area contributed by atoms with Crippen LogP contribution in [-0.4, -0.2) is 28.4 Å². The van der Waals surface area contributed by atoms with Crippen LogP contribution in [0.15, 0.2) is 91.0 Å². The van der Waals surface area contributed by atoms with E-state index in [1.807, 2.05) is 91.0 Å². The Morgan fingerprint density at radius 2 is 0.727 bits per heavy atom. The van der Waals surface area contributed by atoms with Gasteiger partial charge in [-0.25, -0.2) is 0 Å². The van der Waals surface area contributed by atoms with Crippen molar-refractivity contribution in [1.82, 2.24) is 0 Å². The molecule has 0 saturated carbocycles. The Hall–Kier alpha value is -1.99. The highest BCUT2D eigenvalue weighted by atomic mass is 28.4. The van der Waals surface area contributed by atoms with Crippen LogP contribution in [0.2, 0.25) is 0 Å². The van der Waals surface area contributed by atoms with Gasteiger partial charge in [0.1, 0.15) is 10.5 Å². The Kier molecular flexibility index (Phi) is 5.86. The first-order chi connectivity index (χ1) is 10.8. The van der Waals surface area contributed by atoms with Crippen molar-refractivity contribution >= 4 is 34.4 Å². The van der Waals surface area contributed by atoms with Gasteiger partial charge in [0.05, 0.1) is 0 Å². The molecule has 0 aliphatic carbocycles. The lowest BCUT2D eigenvalue weighted by Gasteiger charge is -2.26. The third-order valence-electron chi connectivity index (χ3n) is 3.57. The van der Waals surface area contributed by atoms with Crippen LogP contribution in [0.1, 0.15) is 0 Å². The summed E-state index contributed by atoms with van der Waals surface area (Å²) < 4.78 is 0. The largest absolute Gasteiger partial charge is 0.442 e. The van der Waals surface area contributed by atoms with Crippen molar-refractivity contribution in [2.75, 3.05) is 0 Å². The number of hydrogen-bond donors (Lipinski definition) is 2. The van der Waals surface area contributed by atoms with Gasteiger partial charge < -0.3 is 9.59 Å². The van der Waals surface area contributed by atoms with Gasteiger partial charge >= 0.3 is 0 Å². The monoisotopic (exact) mass is 324 g/mol. The van der Waals surface area contributed by atoms with Gasteiger partial charge in [-0.15, -0.1) is 0 Å². The van der Waals surface area contributed by atoms with Gasteiger partial charge in [-0.1, -0.05) is 91.0 Å². The van der Waals surface area contributed by atoms with E-state index in [-0.39, 0.29) is 0 Å². The third kappa shape index (κ3) is 3.26. The molecule has 112 valence electrons. The van der Waals surface area contributed by atoms with E-state index in [4.69, 9.17) is 4.80 Å². The van der Waals surface area contributed by atoms with Crippen LogP contribution in [0.25, 0.3) is 0 Å². The zero-order valence-corrected chi connectivity index (χ0v) is 15.6. The summed E-state index contributed by atoms with van der Waals surface area (Å²) in [5.74, 6) is 0. The molecule has 0 aliphatic rings. The van der Waals surface area contributed by atoms with Crippen molar-refractivity contribution in [3.05, 3.63) is 91.0 Å². The predicted octanol–water partition coefficient (Wildman–Crippen LogP) is -0.0951. The topological polar surface area (TPSA) is 40.5 Å². The van der Waals surface area contributed by atoms with Crippen LogP contribution in [0, 0.1) is 0 Å². The summed E-state index contributed by atoms with van der Waals surface area (Å²) >= 11 is 0. The van der Waals surface area contributed by atoms with Gasteiger partial charge in [-0.3, -0.25) is 0 Å². The fourth-order valence-corrected chi connectivity index (χ4v) is 5.56. The van der Waals surface area contributed by atoms with Crippen LogP contribution < -0.4 is 15.6 Å². The molecule has 2 nitrogen and oxygen atoms in total. The molecule has 3 aromatic rings. The molecule has 0 atom stereocenters. The minimum Gasteiger partial charge on any atom is -0.442 e. The van der Waals surface area contributed by atoms with Gasteiger partial charge in [0.2, 0.25) is 0 Å². The summed E-state index contributed by atoms with van der Waals surface area (Å²) in [6.45, 7) is 0. The molecule has 0 amide bonds. The van der Waals surface area contributed by atoms with Crippen molar-refractivity contribution in [3.63, 3.8) is 0 Å². The standard InChI is InChI=1S/C18H16OSi.H4OSi/c19-20(16-10-4-1-5-11-16,17-12-6-2-7-13-17)18-14-8-3-9-15-18;1-2/h1-15,19H;1H,2H3. The number of hydrogen-bond acceptors (Lipinski definition) is 2. The second kappa shape index (κ2) is 7.86. The van der Waals surface area contributed by atoms with Gasteiger partial charge in [-0.2, -0.15) is 0 Å². The molecule has 0 heterocycles. The normalized spacial score (nSPS) is 10.6. The summed E-state index contributed by atoms with van der Waals surface area (Å²) in [5, 5.41) is 3.03. The zero-order chi connectivity index (χ0) is 15.8. The van der Waals surface area contributed by atoms with Gasteiger partial charge in [-0.05, 0) is 15.6 Å². The van der Waals surface area contributed by atoms with E-state index in [9.17, 15) is 4.80 Å². The van der Waals surface area contributed by atoms with Crippen LogP contribution >= 0.6 is 0 Å². The van der Waals surface area contributed by atoms with Gasteiger partial charge in [0.25, 0.3) is 8.32 Å². The second-order valence-electron chi connectivity index (χ2n) is 4.81. The first kappa shape index (κ1) is 16.4. The summed E-state index contributed by atoms with van der Waals surface area (Å²) in [7, 11) is -2.57. The molecule has 0 spiro atoms. The van der Waals surface area contributed by atoms with E-state index >= 15 is 0 Å². The molecular weight excluding hydrogens is 304 g/mol. The summed E-state index contributed by atoms with van der Waals surface area (Å²) in [4.78, 5) is 18.7. The fraction of sp³-hybridized carbons (Fsp3) is 0. The van der Waals surface area contributed by atoms with Crippen molar-refractivity contribution in [1.29, 1.82) is 0 Å². The van der Waals surface area contributed by atoms with Crippen LogP contribution in [0.4, 0.5) is 0 Å². The van der Waals surface area contributed by atoms with E-state index in [2.05, 4.69) is 0 Å². The summed E-state index contributed by atoms with van der Waals surface area (Å²) in [6.07, 6.45) is 0. The number of rotatable bonds is 3. The Morgan fingerprint density at radius 3 is 0.955 bits per heavy atom. The maximum Gasteiger partial charge on any atom is 0.285 e. The zero-order valence-electron chi connectivity index (χ0n) is 12.6. The summed E-state index contributed by atoms with van der Waals surface area (Å²) in [6, 6.07) is 30.0. The Morgan fingerprint density at radius 1 is 0.500 bits per heavy atom. The summed E-state index contributed by atoms with van der Waals surface area (Å²) in [5.41, 5.74) is 0. The van der Waals surface area contributed by atoms with Crippen LogP contribution in [0.3, 0.4) is 0 Å². The maximum absolute atomic E-state index is 11.6.